The van der Waals surface area contributed by atoms with Gasteiger partial charge in [-0.1, -0.05) is 18.2 Å². The van der Waals surface area contributed by atoms with Gasteiger partial charge in [-0.15, -0.1) is 0 Å². The molecular weight excluding hydrogens is 326 g/mol. The quantitative estimate of drug-likeness (QED) is 0.557. The van der Waals surface area contributed by atoms with Crippen LogP contribution in [0.4, 0.5) is 5.69 Å². The van der Waals surface area contributed by atoms with Crippen molar-refractivity contribution >= 4 is 22.6 Å². The van der Waals surface area contributed by atoms with Gasteiger partial charge in [0.25, 0.3) is 5.69 Å². The second-order valence-corrected chi connectivity index (χ2v) is 5.12. The number of hydrogen-bond donors (Lipinski definition) is 2. The molecular formula is C17H9N3O5. The summed E-state index contributed by atoms with van der Waals surface area (Å²) >= 11 is 0. The molecule has 25 heavy (non-hydrogen) atoms. The van der Waals surface area contributed by atoms with E-state index < -0.39 is 22.0 Å². The normalized spacial score (nSPS) is 10.4. The number of carbonyl (C=O) groups is 1. The maximum Gasteiger partial charge on any atom is 0.336 e. The Kier molecular flexibility index (Phi) is 3.75. The van der Waals surface area contributed by atoms with Crippen LogP contribution in [0.2, 0.25) is 0 Å². The van der Waals surface area contributed by atoms with Crippen LogP contribution in [0.5, 0.6) is 0 Å². The van der Waals surface area contributed by atoms with E-state index in [-0.39, 0.29) is 27.8 Å². The number of H-pyrrole nitrogens is 1. The average Bonchev–Trinajstić information content (AvgIpc) is 2.60. The van der Waals surface area contributed by atoms with Crippen LogP contribution in [0.1, 0.15) is 15.9 Å². The Bertz CT molecular complexity index is 1110. The second-order valence-electron chi connectivity index (χ2n) is 5.12. The van der Waals surface area contributed by atoms with Gasteiger partial charge in [0.1, 0.15) is 11.6 Å². The molecule has 0 aliphatic heterocycles. The molecule has 0 saturated carbocycles. The van der Waals surface area contributed by atoms with Crippen LogP contribution in [0.15, 0.2) is 47.3 Å². The molecule has 0 spiro atoms. The predicted octanol–water partition coefficient (Wildman–Crippen LogP) is 2.67. The number of aromatic carboxylic acids is 1. The van der Waals surface area contributed by atoms with Crippen LogP contribution in [-0.2, 0) is 0 Å². The monoisotopic (exact) mass is 335 g/mol. The van der Waals surface area contributed by atoms with Crippen molar-refractivity contribution in [3.63, 3.8) is 0 Å². The number of nitrogens with one attached hydrogen (secondary N) is 1. The number of nitro benzene ring substituents is 1. The zero-order valence-electron chi connectivity index (χ0n) is 12.5. The predicted molar refractivity (Wildman–Crippen MR) is 88.3 cm³/mol. The van der Waals surface area contributed by atoms with Gasteiger partial charge in [-0.2, -0.15) is 5.26 Å². The van der Waals surface area contributed by atoms with Gasteiger partial charge < -0.3 is 10.1 Å². The summed E-state index contributed by atoms with van der Waals surface area (Å²) in [6.07, 6.45) is 0. The Morgan fingerprint density at radius 1 is 1.20 bits per heavy atom. The fraction of sp³-hybridized carbons (Fsp3) is 0. The molecule has 0 aliphatic rings. The van der Waals surface area contributed by atoms with E-state index in [1.165, 1.54) is 18.2 Å². The topological polar surface area (TPSA) is 137 Å². The molecule has 0 bridgehead atoms. The van der Waals surface area contributed by atoms with Crippen molar-refractivity contribution in [2.24, 2.45) is 0 Å². The van der Waals surface area contributed by atoms with Crippen LogP contribution >= 0.6 is 0 Å². The second kappa shape index (κ2) is 5.90. The van der Waals surface area contributed by atoms with Gasteiger partial charge in [-0.05, 0) is 18.2 Å². The summed E-state index contributed by atoms with van der Waals surface area (Å²) in [5.41, 5.74) is -2.04. The maximum atomic E-state index is 12.6. The van der Waals surface area contributed by atoms with Crippen LogP contribution in [-0.4, -0.2) is 21.0 Å². The molecule has 0 radical (unpaired) electrons. The molecule has 122 valence electrons. The molecule has 0 unspecified atom stereocenters. The zero-order valence-corrected chi connectivity index (χ0v) is 12.5. The molecule has 3 aromatic rings. The third kappa shape index (κ3) is 2.49. The molecule has 1 aromatic heterocycles. The molecule has 1 heterocycles. The Hall–Kier alpha value is -3.99. The van der Waals surface area contributed by atoms with E-state index >= 15 is 0 Å². The molecule has 2 aromatic carbocycles. The lowest BCUT2D eigenvalue weighted by atomic mass is 9.97. The highest BCUT2D eigenvalue weighted by Gasteiger charge is 2.27. The largest absolute Gasteiger partial charge is 0.478 e. The van der Waals surface area contributed by atoms with Gasteiger partial charge >= 0.3 is 5.97 Å². The highest BCUT2D eigenvalue weighted by atomic mass is 16.6. The van der Waals surface area contributed by atoms with Crippen LogP contribution in [0.25, 0.3) is 22.2 Å². The fourth-order valence-corrected chi connectivity index (χ4v) is 2.66. The van der Waals surface area contributed by atoms with E-state index in [1.54, 1.807) is 24.3 Å². The standard InChI is InChI=1S/C17H9N3O5/c18-8-11-15(19-12-6-2-1-4-9(12)16(11)21)14-10(17(22)23)5-3-7-13(14)20(24)25/h1-7H,(H,19,21)(H,22,23). The van der Waals surface area contributed by atoms with Crippen molar-refractivity contribution in [1.29, 1.82) is 5.26 Å². The number of carboxylic acids is 1. The van der Waals surface area contributed by atoms with E-state index in [0.29, 0.717) is 5.52 Å². The highest BCUT2D eigenvalue weighted by Crippen LogP contribution is 2.34. The molecule has 0 saturated heterocycles. The van der Waals surface area contributed by atoms with Crippen molar-refractivity contribution < 1.29 is 14.8 Å². The number of pyridine rings is 1. The Morgan fingerprint density at radius 2 is 1.92 bits per heavy atom. The smallest absolute Gasteiger partial charge is 0.336 e. The summed E-state index contributed by atoms with van der Waals surface area (Å²) in [4.78, 5) is 37.5. The van der Waals surface area contributed by atoms with Crippen LogP contribution in [0, 0.1) is 21.4 Å². The van der Waals surface area contributed by atoms with E-state index in [2.05, 4.69) is 4.98 Å². The summed E-state index contributed by atoms with van der Waals surface area (Å²) in [5.74, 6) is -1.41. The molecule has 0 atom stereocenters. The lowest BCUT2D eigenvalue weighted by Crippen LogP contribution is -2.13. The van der Waals surface area contributed by atoms with Crippen LogP contribution in [0.3, 0.4) is 0 Å². The molecule has 0 fully saturated rings. The molecule has 8 nitrogen and oxygen atoms in total. The van der Waals surface area contributed by atoms with Crippen molar-refractivity contribution in [2.45, 2.75) is 0 Å². The molecule has 0 amide bonds. The third-order valence-electron chi connectivity index (χ3n) is 3.74. The lowest BCUT2D eigenvalue weighted by Gasteiger charge is -2.10. The lowest BCUT2D eigenvalue weighted by molar-refractivity contribution is -0.384. The molecule has 8 heteroatoms. The SMILES string of the molecule is N#Cc1c(-c2c(C(=O)O)cccc2[N+](=O)[O-])[nH]c2ccccc2c1=O. The van der Waals surface area contributed by atoms with E-state index in [1.807, 2.05) is 0 Å². The number of nitrogens with zero attached hydrogens (tertiary/aromatic N) is 2. The van der Waals surface area contributed by atoms with Crippen molar-refractivity contribution in [3.8, 4) is 17.3 Å². The first-order valence-electron chi connectivity index (χ1n) is 7.02. The fourth-order valence-electron chi connectivity index (χ4n) is 2.66. The van der Waals surface area contributed by atoms with Crippen molar-refractivity contribution in [3.05, 3.63) is 73.9 Å². The minimum absolute atomic E-state index is 0.184. The van der Waals surface area contributed by atoms with Gasteiger partial charge in [0.15, 0.2) is 0 Å². The Morgan fingerprint density at radius 3 is 2.56 bits per heavy atom. The number of nitro groups is 1. The first-order valence-corrected chi connectivity index (χ1v) is 7.02. The number of aromatic nitrogens is 1. The van der Waals surface area contributed by atoms with E-state index in [9.17, 15) is 30.1 Å². The van der Waals surface area contributed by atoms with Crippen molar-refractivity contribution in [1.82, 2.24) is 4.98 Å². The number of hydrogen-bond acceptors (Lipinski definition) is 5. The molecule has 0 aliphatic carbocycles. The Labute approximate surface area is 139 Å². The number of carboxylic acid groups (broad SMARTS) is 1. The first-order chi connectivity index (χ1) is 12.0. The number of nitriles is 1. The van der Waals surface area contributed by atoms with Gasteiger partial charge in [0.2, 0.25) is 5.43 Å². The van der Waals surface area contributed by atoms with Gasteiger partial charge in [0.05, 0.1) is 21.7 Å². The number of aromatic amines is 1. The number of rotatable bonds is 3. The minimum Gasteiger partial charge on any atom is -0.478 e. The minimum atomic E-state index is -1.41. The third-order valence-corrected chi connectivity index (χ3v) is 3.74. The van der Waals surface area contributed by atoms with Gasteiger partial charge in [-0.3, -0.25) is 14.9 Å². The Balaban J connectivity index is 2.54. The summed E-state index contributed by atoms with van der Waals surface area (Å²) in [7, 11) is 0. The van der Waals surface area contributed by atoms with Crippen molar-refractivity contribution in [2.75, 3.05) is 0 Å². The summed E-state index contributed by atoms with van der Waals surface area (Å²) < 4.78 is 0. The number of para-hydroxylation sites is 1. The van der Waals surface area contributed by atoms with Gasteiger partial charge in [0, 0.05) is 17.0 Å². The molecule has 2 N–H and O–H groups in total. The van der Waals surface area contributed by atoms with Gasteiger partial charge in [-0.25, -0.2) is 4.79 Å². The van der Waals surface area contributed by atoms with E-state index in [0.717, 1.165) is 6.07 Å². The maximum absolute atomic E-state index is 12.6. The summed E-state index contributed by atoms with van der Waals surface area (Å²) in [5, 5.41) is 30.4. The number of fused-ring (bicyclic) bond motifs is 1. The first kappa shape index (κ1) is 15.9. The average molecular weight is 335 g/mol. The molecule has 3 rings (SSSR count). The van der Waals surface area contributed by atoms with Crippen LogP contribution < -0.4 is 5.43 Å². The zero-order chi connectivity index (χ0) is 18.1. The summed E-state index contributed by atoms with van der Waals surface area (Å²) in [6.45, 7) is 0. The van der Waals surface area contributed by atoms with E-state index in [4.69, 9.17) is 0 Å². The summed E-state index contributed by atoms with van der Waals surface area (Å²) in [6, 6.07) is 11.6. The number of benzene rings is 2. The highest BCUT2D eigenvalue weighted by molar-refractivity contribution is 6.00.